The summed E-state index contributed by atoms with van der Waals surface area (Å²) in [5.74, 6) is -0.276. The molecule has 0 bridgehead atoms. The third kappa shape index (κ3) is 4.77. The number of hydroxylamine groups is 1. The van der Waals surface area contributed by atoms with E-state index in [9.17, 15) is 4.79 Å². The zero-order valence-corrected chi connectivity index (χ0v) is 11.2. The zero-order valence-electron chi connectivity index (χ0n) is 10.4. The van der Waals surface area contributed by atoms with Gasteiger partial charge < -0.3 is 4.74 Å². The lowest BCUT2D eigenvalue weighted by molar-refractivity contribution is -0.142. The van der Waals surface area contributed by atoms with Crippen LogP contribution in [-0.4, -0.2) is 19.7 Å². The van der Waals surface area contributed by atoms with Gasteiger partial charge in [0.25, 0.3) is 0 Å². The molecule has 0 fully saturated rings. The highest BCUT2D eigenvalue weighted by Crippen LogP contribution is 2.16. The summed E-state index contributed by atoms with van der Waals surface area (Å²) in [6, 6.07) is 7.22. The summed E-state index contributed by atoms with van der Waals surface area (Å²) >= 11 is 5.82. The number of nitrogens with one attached hydrogen (secondary N) is 1. The highest BCUT2D eigenvalue weighted by atomic mass is 35.5. The number of hydrogen-bond donors (Lipinski definition) is 1. The average molecular weight is 270 g/mol. The summed E-state index contributed by atoms with van der Waals surface area (Å²) < 4.78 is 4.85. The molecule has 0 aromatic heterocycles. The van der Waals surface area contributed by atoms with Crippen molar-refractivity contribution in [3.05, 3.63) is 40.9 Å². The maximum atomic E-state index is 11.3. The van der Waals surface area contributed by atoms with Crippen molar-refractivity contribution in [1.29, 1.82) is 0 Å². The molecule has 0 spiro atoms. The van der Waals surface area contributed by atoms with Gasteiger partial charge in [-0.1, -0.05) is 23.7 Å². The lowest BCUT2D eigenvalue weighted by atomic mass is 10.1. The van der Waals surface area contributed by atoms with Crippen LogP contribution in [-0.2, 0) is 14.4 Å². The van der Waals surface area contributed by atoms with Crippen molar-refractivity contribution in [3.8, 4) is 0 Å². The largest absolute Gasteiger partial charge is 0.466 e. The third-order valence-electron chi connectivity index (χ3n) is 2.15. The maximum absolute atomic E-state index is 11.3. The summed E-state index contributed by atoms with van der Waals surface area (Å²) in [5.41, 5.74) is 4.30. The zero-order chi connectivity index (χ0) is 13.4. The van der Waals surface area contributed by atoms with Crippen LogP contribution in [0.2, 0.25) is 5.02 Å². The number of rotatable bonds is 6. The van der Waals surface area contributed by atoms with Gasteiger partial charge in [-0.3, -0.25) is 15.1 Å². The minimum Gasteiger partial charge on any atom is -0.466 e. The predicted octanol–water partition coefficient (Wildman–Crippen LogP) is 2.79. The highest BCUT2D eigenvalue weighted by Gasteiger charge is 2.04. The van der Waals surface area contributed by atoms with Crippen molar-refractivity contribution >= 4 is 23.3 Å². The van der Waals surface area contributed by atoms with E-state index in [1.165, 1.54) is 7.11 Å². The molecule has 4 nitrogen and oxygen atoms in total. The summed E-state index contributed by atoms with van der Waals surface area (Å²) in [6.07, 6.45) is 1.90. The lowest BCUT2D eigenvalue weighted by Crippen LogP contribution is -2.11. The topological polar surface area (TPSA) is 47.6 Å². The van der Waals surface area contributed by atoms with E-state index in [1.807, 2.05) is 12.1 Å². The number of esters is 1. The Labute approximate surface area is 111 Å². The number of hydrogen-bond acceptors (Lipinski definition) is 4. The Bertz CT molecular complexity index is 415. The smallest absolute Gasteiger partial charge is 0.309 e. The molecule has 0 saturated heterocycles. The second-order valence-corrected chi connectivity index (χ2v) is 3.88. The fraction of sp³-hybridized carbons (Fsp3) is 0.308. The van der Waals surface area contributed by atoms with E-state index in [0.29, 0.717) is 17.3 Å². The lowest BCUT2D eigenvalue weighted by Gasteiger charge is -2.09. The van der Waals surface area contributed by atoms with Crippen LogP contribution in [0.4, 0.5) is 0 Å². The standard InChI is InChI=1S/C13H16ClNO3/c1-3-18-13(16)9-8-12(15-17-2)10-4-6-11(14)7-5-10/h4-8,15H,3,9H2,1-2H3. The number of carbonyl (C=O) groups excluding carboxylic acids is 1. The van der Waals surface area contributed by atoms with Crippen molar-refractivity contribution in [2.75, 3.05) is 13.7 Å². The van der Waals surface area contributed by atoms with Gasteiger partial charge in [0.15, 0.2) is 0 Å². The Morgan fingerprint density at radius 1 is 1.39 bits per heavy atom. The van der Waals surface area contributed by atoms with Crippen LogP contribution in [0.3, 0.4) is 0 Å². The molecule has 0 saturated carbocycles. The fourth-order valence-electron chi connectivity index (χ4n) is 1.36. The summed E-state index contributed by atoms with van der Waals surface area (Å²) in [7, 11) is 1.51. The third-order valence-corrected chi connectivity index (χ3v) is 2.40. The van der Waals surface area contributed by atoms with Gasteiger partial charge in [-0.05, 0) is 30.7 Å². The molecule has 1 rings (SSSR count). The first-order valence-electron chi connectivity index (χ1n) is 5.58. The normalized spacial score (nSPS) is 11.2. The molecule has 0 atom stereocenters. The van der Waals surface area contributed by atoms with Gasteiger partial charge in [0, 0.05) is 5.02 Å². The quantitative estimate of drug-likeness (QED) is 0.637. The molecule has 0 unspecified atom stereocenters. The van der Waals surface area contributed by atoms with E-state index in [1.54, 1.807) is 25.1 Å². The van der Waals surface area contributed by atoms with E-state index in [0.717, 1.165) is 5.56 Å². The minimum atomic E-state index is -0.276. The number of halogens is 1. The predicted molar refractivity (Wildman–Crippen MR) is 70.8 cm³/mol. The minimum absolute atomic E-state index is 0.183. The first kappa shape index (κ1) is 14.5. The Morgan fingerprint density at radius 3 is 2.61 bits per heavy atom. The van der Waals surface area contributed by atoms with E-state index < -0.39 is 0 Å². The molecule has 0 radical (unpaired) electrons. The molecule has 0 amide bonds. The summed E-state index contributed by atoms with van der Waals surface area (Å²) in [4.78, 5) is 16.2. The number of benzene rings is 1. The van der Waals surface area contributed by atoms with Gasteiger partial charge in [-0.2, -0.15) is 0 Å². The molecule has 5 heteroatoms. The van der Waals surface area contributed by atoms with Crippen molar-refractivity contribution in [2.24, 2.45) is 0 Å². The highest BCUT2D eigenvalue weighted by molar-refractivity contribution is 6.30. The number of carbonyl (C=O) groups is 1. The molecule has 98 valence electrons. The molecule has 1 aromatic rings. The van der Waals surface area contributed by atoms with Crippen LogP contribution in [0.1, 0.15) is 18.9 Å². The van der Waals surface area contributed by atoms with Gasteiger partial charge in [-0.15, -0.1) is 0 Å². The van der Waals surface area contributed by atoms with Crippen LogP contribution < -0.4 is 5.48 Å². The molecule has 1 aromatic carbocycles. The monoisotopic (exact) mass is 269 g/mol. The molecular weight excluding hydrogens is 254 g/mol. The van der Waals surface area contributed by atoms with Crippen LogP contribution in [0.25, 0.3) is 5.70 Å². The maximum Gasteiger partial charge on any atom is 0.309 e. The van der Waals surface area contributed by atoms with E-state index in [4.69, 9.17) is 21.2 Å². The van der Waals surface area contributed by atoms with Gasteiger partial charge in [0.1, 0.15) is 0 Å². The van der Waals surface area contributed by atoms with Crippen LogP contribution in [0.15, 0.2) is 30.3 Å². The second kappa shape index (κ2) is 7.74. The van der Waals surface area contributed by atoms with Gasteiger partial charge >= 0.3 is 5.97 Å². The van der Waals surface area contributed by atoms with Crippen molar-refractivity contribution in [1.82, 2.24) is 5.48 Å². The second-order valence-electron chi connectivity index (χ2n) is 3.44. The van der Waals surface area contributed by atoms with Crippen molar-refractivity contribution in [3.63, 3.8) is 0 Å². The number of ether oxygens (including phenoxy) is 1. The first-order chi connectivity index (χ1) is 8.67. The Kier molecular flexibility index (Phi) is 6.25. The first-order valence-corrected chi connectivity index (χ1v) is 5.96. The van der Waals surface area contributed by atoms with Gasteiger partial charge in [0.2, 0.25) is 0 Å². The molecule has 0 aliphatic heterocycles. The van der Waals surface area contributed by atoms with Gasteiger partial charge in [0.05, 0.1) is 25.8 Å². The molecule has 18 heavy (non-hydrogen) atoms. The van der Waals surface area contributed by atoms with Crippen molar-refractivity contribution < 1.29 is 14.4 Å². The fourth-order valence-corrected chi connectivity index (χ4v) is 1.49. The Balaban J connectivity index is 2.78. The average Bonchev–Trinajstić information content (AvgIpc) is 2.36. The Hall–Kier alpha value is -1.52. The molecular formula is C13H16ClNO3. The molecule has 0 heterocycles. The summed E-state index contributed by atoms with van der Waals surface area (Å²) in [5, 5.41) is 0.654. The van der Waals surface area contributed by atoms with E-state index in [-0.39, 0.29) is 12.4 Å². The van der Waals surface area contributed by atoms with E-state index in [2.05, 4.69) is 5.48 Å². The van der Waals surface area contributed by atoms with Crippen molar-refractivity contribution in [2.45, 2.75) is 13.3 Å². The van der Waals surface area contributed by atoms with Crippen LogP contribution >= 0.6 is 11.6 Å². The molecule has 1 N–H and O–H groups in total. The molecule has 0 aliphatic rings. The SMILES string of the molecule is CCOC(=O)CC=C(NOC)c1ccc(Cl)cc1. The summed E-state index contributed by atoms with van der Waals surface area (Å²) in [6.45, 7) is 2.15. The van der Waals surface area contributed by atoms with Crippen LogP contribution in [0, 0.1) is 0 Å². The van der Waals surface area contributed by atoms with Gasteiger partial charge in [-0.25, -0.2) is 0 Å². The molecule has 0 aliphatic carbocycles. The Morgan fingerprint density at radius 2 is 2.06 bits per heavy atom. The van der Waals surface area contributed by atoms with Crippen LogP contribution in [0.5, 0.6) is 0 Å². The van der Waals surface area contributed by atoms with E-state index >= 15 is 0 Å².